The molecule has 3 heterocycles. The summed E-state index contributed by atoms with van der Waals surface area (Å²) in [5.74, 6) is 0. The maximum Gasteiger partial charge on any atom is 0.359 e. The number of hydrogen-bond acceptors (Lipinski definition) is 2. The summed E-state index contributed by atoms with van der Waals surface area (Å²) in [5, 5.41) is 0.884. The molecule has 0 N–H and O–H groups in total. The van der Waals surface area contributed by atoms with E-state index in [-0.39, 0.29) is 16.6 Å². The number of imidazole rings is 1. The van der Waals surface area contributed by atoms with E-state index in [1.807, 2.05) is 6.07 Å². The second-order valence-electron chi connectivity index (χ2n) is 6.00. The van der Waals surface area contributed by atoms with Gasteiger partial charge in [0.2, 0.25) is 0 Å². The van der Waals surface area contributed by atoms with Crippen LogP contribution in [0.2, 0.25) is 0 Å². The van der Waals surface area contributed by atoms with Crippen molar-refractivity contribution in [2.24, 2.45) is 0 Å². The van der Waals surface area contributed by atoms with E-state index in [1.165, 1.54) is 6.07 Å². The average Bonchev–Trinajstić information content (AvgIpc) is 3.22. The molecule has 4 aromatic rings. The van der Waals surface area contributed by atoms with Crippen molar-refractivity contribution in [2.45, 2.75) is 6.05 Å². The lowest BCUT2D eigenvalue weighted by Gasteiger charge is -2.15. The number of halogens is 2. The van der Waals surface area contributed by atoms with Crippen molar-refractivity contribution in [3.8, 4) is 16.9 Å². The fourth-order valence-electron chi connectivity index (χ4n) is 3.44. The lowest BCUT2D eigenvalue weighted by Crippen LogP contribution is -2.32. The van der Waals surface area contributed by atoms with Gasteiger partial charge in [-0.15, -0.1) is 0 Å². The predicted octanol–water partition coefficient (Wildman–Crippen LogP) is 3.77. The van der Waals surface area contributed by atoms with Gasteiger partial charge in [0.05, 0.1) is 17.6 Å². The van der Waals surface area contributed by atoms with Crippen LogP contribution in [0.4, 0.5) is 8.78 Å². The molecule has 6 heteroatoms. The molecule has 1 aliphatic heterocycles. The van der Waals surface area contributed by atoms with Crippen molar-refractivity contribution in [3.63, 3.8) is 0 Å². The Kier molecular flexibility index (Phi) is 2.61. The fourth-order valence-corrected chi connectivity index (χ4v) is 3.44. The Bertz CT molecular complexity index is 1190. The number of pyridine rings is 1. The summed E-state index contributed by atoms with van der Waals surface area (Å²) in [5.41, 5.74) is 0.494. The summed E-state index contributed by atoms with van der Waals surface area (Å²) in [6.07, 6.45) is 4.94. The summed E-state index contributed by atoms with van der Waals surface area (Å²) in [6, 6.07) is 9.74. The molecule has 5 rings (SSSR count). The zero-order valence-electron chi connectivity index (χ0n) is 12.9. The molecule has 0 radical (unpaired) electrons. The first kappa shape index (κ1) is 14.1. The Morgan fingerprint density at radius 1 is 1.04 bits per heavy atom. The molecule has 0 atom stereocenters. The highest BCUT2D eigenvalue weighted by molar-refractivity contribution is 5.88. The van der Waals surface area contributed by atoms with E-state index in [2.05, 4.69) is 4.98 Å². The van der Waals surface area contributed by atoms with Gasteiger partial charge in [-0.2, -0.15) is 8.78 Å². The number of benzene rings is 2. The first-order chi connectivity index (χ1) is 12.1. The van der Waals surface area contributed by atoms with Crippen LogP contribution in [0.25, 0.3) is 27.7 Å². The van der Waals surface area contributed by atoms with Crippen molar-refractivity contribution in [1.29, 1.82) is 0 Å². The summed E-state index contributed by atoms with van der Waals surface area (Å²) < 4.78 is 32.0. The van der Waals surface area contributed by atoms with Gasteiger partial charge >= 0.3 is 6.05 Å². The fraction of sp³-hybridized carbons (Fsp3) is 0.0526. The number of rotatable bonds is 1. The van der Waals surface area contributed by atoms with Crippen LogP contribution in [0, 0.1) is 0 Å². The van der Waals surface area contributed by atoms with E-state index >= 15 is 0 Å². The predicted molar refractivity (Wildman–Crippen MR) is 90.1 cm³/mol. The van der Waals surface area contributed by atoms with Gasteiger partial charge in [0.25, 0.3) is 5.56 Å². The second-order valence-corrected chi connectivity index (χ2v) is 6.00. The zero-order valence-corrected chi connectivity index (χ0v) is 12.9. The van der Waals surface area contributed by atoms with Crippen LogP contribution in [0.1, 0.15) is 5.56 Å². The van der Waals surface area contributed by atoms with E-state index < -0.39 is 11.6 Å². The maximum atomic E-state index is 14.8. The SMILES string of the molecule is O=c1c2cc(-n3ccnc3)ccc2cc2n1C(F)(F)c1ccccc1-2. The molecule has 25 heavy (non-hydrogen) atoms. The molecule has 2 aromatic carbocycles. The van der Waals surface area contributed by atoms with Gasteiger partial charge in [-0.3, -0.25) is 4.79 Å². The van der Waals surface area contributed by atoms with Crippen LogP contribution in [0.15, 0.2) is 72.0 Å². The number of hydrogen-bond donors (Lipinski definition) is 0. The Labute approximate surface area is 140 Å². The highest BCUT2D eigenvalue weighted by atomic mass is 19.3. The van der Waals surface area contributed by atoms with Crippen LogP contribution >= 0.6 is 0 Å². The standard InChI is InChI=1S/C19H11F2N3O/c20-19(21)16-4-2-1-3-14(16)17-9-12-5-6-13(23-8-7-22-11-23)10-15(12)18(25)24(17)19/h1-11H. The van der Waals surface area contributed by atoms with E-state index in [4.69, 9.17) is 0 Å². The molecule has 0 saturated carbocycles. The third-order valence-electron chi connectivity index (χ3n) is 4.61. The number of nitrogens with zero attached hydrogens (tertiary/aromatic N) is 3. The molecule has 0 spiro atoms. The van der Waals surface area contributed by atoms with Crippen LogP contribution in [-0.4, -0.2) is 14.1 Å². The van der Waals surface area contributed by atoms with Gasteiger partial charge in [-0.25, -0.2) is 9.55 Å². The minimum absolute atomic E-state index is 0.141. The lowest BCUT2D eigenvalue weighted by atomic mass is 10.1. The van der Waals surface area contributed by atoms with Crippen molar-refractivity contribution < 1.29 is 8.78 Å². The van der Waals surface area contributed by atoms with E-state index in [0.29, 0.717) is 21.2 Å². The number of fused-ring (bicyclic) bond motifs is 4. The normalized spacial score (nSPS) is 14.5. The molecule has 2 aromatic heterocycles. The molecule has 0 aliphatic carbocycles. The summed E-state index contributed by atoms with van der Waals surface area (Å²) >= 11 is 0. The number of aromatic nitrogens is 3. The highest BCUT2D eigenvalue weighted by Gasteiger charge is 2.45. The molecular weight excluding hydrogens is 324 g/mol. The smallest absolute Gasteiger partial charge is 0.306 e. The first-order valence-corrected chi connectivity index (χ1v) is 7.74. The Balaban J connectivity index is 1.86. The van der Waals surface area contributed by atoms with E-state index in [9.17, 15) is 13.6 Å². The highest BCUT2D eigenvalue weighted by Crippen LogP contribution is 2.44. The quantitative estimate of drug-likeness (QED) is 0.531. The van der Waals surface area contributed by atoms with Crippen LogP contribution in [-0.2, 0) is 6.05 Å². The van der Waals surface area contributed by atoms with Gasteiger partial charge in [0, 0.05) is 29.0 Å². The third kappa shape index (κ3) is 1.79. The third-order valence-corrected chi connectivity index (χ3v) is 4.61. The Morgan fingerprint density at radius 3 is 2.68 bits per heavy atom. The van der Waals surface area contributed by atoms with Crippen molar-refractivity contribution in [3.05, 3.63) is 83.2 Å². The van der Waals surface area contributed by atoms with Crippen LogP contribution in [0.5, 0.6) is 0 Å². The second kappa shape index (κ2) is 4.63. The van der Waals surface area contributed by atoms with Gasteiger partial charge in [-0.05, 0) is 23.6 Å². The zero-order chi connectivity index (χ0) is 17.2. The molecule has 122 valence electrons. The minimum atomic E-state index is -3.36. The maximum absolute atomic E-state index is 14.8. The molecule has 0 fully saturated rings. The summed E-state index contributed by atoms with van der Waals surface area (Å²) in [6.45, 7) is 0. The van der Waals surface area contributed by atoms with E-state index in [1.54, 1.807) is 59.7 Å². The summed E-state index contributed by atoms with van der Waals surface area (Å²) in [4.78, 5) is 16.9. The number of alkyl halides is 2. The van der Waals surface area contributed by atoms with Gasteiger partial charge in [0.15, 0.2) is 0 Å². The van der Waals surface area contributed by atoms with Gasteiger partial charge < -0.3 is 4.57 Å². The van der Waals surface area contributed by atoms with Crippen LogP contribution in [0.3, 0.4) is 0 Å². The molecule has 0 unspecified atom stereocenters. The molecule has 4 nitrogen and oxygen atoms in total. The summed E-state index contributed by atoms with van der Waals surface area (Å²) in [7, 11) is 0. The average molecular weight is 335 g/mol. The lowest BCUT2D eigenvalue weighted by molar-refractivity contribution is -0.0309. The van der Waals surface area contributed by atoms with E-state index in [0.717, 1.165) is 0 Å². The van der Waals surface area contributed by atoms with Crippen molar-refractivity contribution >= 4 is 10.8 Å². The first-order valence-electron chi connectivity index (χ1n) is 7.74. The molecular formula is C19H11F2N3O. The van der Waals surface area contributed by atoms with Crippen LogP contribution < -0.4 is 5.56 Å². The monoisotopic (exact) mass is 335 g/mol. The Morgan fingerprint density at radius 2 is 1.88 bits per heavy atom. The largest absolute Gasteiger partial charge is 0.359 e. The molecule has 0 amide bonds. The molecule has 0 bridgehead atoms. The van der Waals surface area contributed by atoms with Crippen molar-refractivity contribution in [1.82, 2.24) is 14.1 Å². The Hall–Kier alpha value is -3.28. The van der Waals surface area contributed by atoms with Gasteiger partial charge in [-0.1, -0.05) is 30.3 Å². The topological polar surface area (TPSA) is 39.8 Å². The van der Waals surface area contributed by atoms with Gasteiger partial charge in [0.1, 0.15) is 0 Å². The minimum Gasteiger partial charge on any atom is -0.306 e. The van der Waals surface area contributed by atoms with Crippen molar-refractivity contribution in [2.75, 3.05) is 0 Å². The molecule has 1 aliphatic rings. The molecule has 0 saturated heterocycles.